The molecule has 2 N–H and O–H groups in total. The van der Waals surface area contributed by atoms with Crippen LogP contribution in [0.1, 0.15) is 43.5 Å². The third-order valence-electron chi connectivity index (χ3n) is 4.62. The average molecular weight is 409 g/mol. The van der Waals surface area contributed by atoms with E-state index in [1.54, 1.807) is 4.90 Å². The summed E-state index contributed by atoms with van der Waals surface area (Å²) in [4.78, 5) is 47.9. The summed E-state index contributed by atoms with van der Waals surface area (Å²) in [7, 11) is 0. The van der Waals surface area contributed by atoms with E-state index in [-0.39, 0.29) is 46.5 Å². The zero-order chi connectivity index (χ0) is 20.8. The van der Waals surface area contributed by atoms with Crippen LogP contribution >= 0.6 is 11.8 Å². The van der Waals surface area contributed by atoms with Crippen LogP contribution < -0.4 is 5.73 Å². The fourth-order valence-electron chi connectivity index (χ4n) is 3.24. The number of nitro benzene ring substituents is 1. The Morgan fingerprint density at radius 3 is 2.50 bits per heavy atom. The van der Waals surface area contributed by atoms with Crippen molar-refractivity contribution in [2.75, 3.05) is 12.4 Å². The number of ether oxygens (including phenoxy) is 1. The zero-order valence-electron chi connectivity index (χ0n) is 15.8. The van der Waals surface area contributed by atoms with Crippen molar-refractivity contribution in [3.05, 3.63) is 33.9 Å². The fraction of sp³-hybridized carbons (Fsp3) is 0.500. The van der Waals surface area contributed by atoms with Crippen LogP contribution in [0.2, 0.25) is 0 Å². The Bertz CT molecular complexity index is 775. The quantitative estimate of drug-likeness (QED) is 0.315. The van der Waals surface area contributed by atoms with Gasteiger partial charge in [0.15, 0.2) is 6.61 Å². The number of nitrogens with zero attached hydrogens (tertiary/aromatic N) is 2. The Kier molecular flexibility index (Phi) is 7.38. The number of nitro groups is 1. The van der Waals surface area contributed by atoms with Gasteiger partial charge < -0.3 is 15.4 Å². The number of likely N-dealkylation sites (tertiary alicyclic amines) is 1. The molecule has 1 aromatic carbocycles. The van der Waals surface area contributed by atoms with Gasteiger partial charge in [-0.1, -0.05) is 0 Å². The second-order valence-electron chi connectivity index (χ2n) is 6.68. The minimum Gasteiger partial charge on any atom is -0.455 e. The summed E-state index contributed by atoms with van der Waals surface area (Å²) in [6.45, 7) is 3.59. The number of hydrogen-bond acceptors (Lipinski definition) is 7. The first-order chi connectivity index (χ1) is 13.2. The molecule has 0 spiro atoms. The highest BCUT2D eigenvalue weighted by molar-refractivity contribution is 8.00. The number of thioether (sulfide) groups is 1. The molecule has 2 amide bonds. The molecular weight excluding hydrogens is 386 g/mol. The molecule has 2 atom stereocenters. The van der Waals surface area contributed by atoms with Gasteiger partial charge in [0.25, 0.3) is 11.6 Å². The number of hydrogen-bond donors (Lipinski definition) is 1. The van der Waals surface area contributed by atoms with E-state index < -0.39 is 16.8 Å². The fourth-order valence-corrected chi connectivity index (χ4v) is 4.05. The number of primary amides is 1. The van der Waals surface area contributed by atoms with Crippen molar-refractivity contribution >= 4 is 35.2 Å². The maximum Gasteiger partial charge on any atom is 0.316 e. The van der Waals surface area contributed by atoms with Gasteiger partial charge in [0, 0.05) is 23.7 Å². The first-order valence-electron chi connectivity index (χ1n) is 8.88. The molecule has 28 heavy (non-hydrogen) atoms. The highest BCUT2D eigenvalue weighted by Crippen LogP contribution is 2.30. The number of piperidine rings is 1. The van der Waals surface area contributed by atoms with E-state index in [4.69, 9.17) is 10.5 Å². The third kappa shape index (κ3) is 5.44. The third-order valence-corrected chi connectivity index (χ3v) is 5.66. The minimum atomic E-state index is -0.779. The van der Waals surface area contributed by atoms with Crippen molar-refractivity contribution in [2.45, 2.75) is 50.1 Å². The monoisotopic (exact) mass is 409 g/mol. The Balaban J connectivity index is 1.91. The molecule has 0 aliphatic carbocycles. The molecule has 1 aliphatic rings. The first kappa shape index (κ1) is 21.7. The lowest BCUT2D eigenvalue weighted by molar-refractivity contribution is -0.387. The van der Waals surface area contributed by atoms with Crippen molar-refractivity contribution in [1.82, 2.24) is 4.90 Å². The molecular formula is C18H23N3O6S. The molecule has 1 aromatic rings. The molecule has 10 heteroatoms. The van der Waals surface area contributed by atoms with Crippen molar-refractivity contribution < 1.29 is 24.0 Å². The molecule has 2 rings (SSSR count). The van der Waals surface area contributed by atoms with E-state index in [9.17, 15) is 24.5 Å². The maximum absolute atomic E-state index is 12.4. The predicted octanol–water partition coefficient (Wildman–Crippen LogP) is 2.12. The van der Waals surface area contributed by atoms with Gasteiger partial charge in [-0.05, 0) is 45.2 Å². The zero-order valence-corrected chi connectivity index (χ0v) is 16.6. The lowest BCUT2D eigenvalue weighted by Crippen LogP contribution is -2.49. The SMILES string of the molecule is CC1CCCC(C)N1C(=O)COC(=O)CSc1ccc(C(N)=O)cc1[N+](=O)[O-]. The molecule has 1 aliphatic heterocycles. The summed E-state index contributed by atoms with van der Waals surface area (Å²) in [5.74, 6) is -1.87. The largest absolute Gasteiger partial charge is 0.455 e. The van der Waals surface area contributed by atoms with E-state index in [1.165, 1.54) is 12.1 Å². The number of amides is 2. The second kappa shape index (κ2) is 9.54. The number of benzene rings is 1. The van der Waals surface area contributed by atoms with Gasteiger partial charge in [0.05, 0.1) is 15.6 Å². The first-order valence-corrected chi connectivity index (χ1v) is 9.87. The van der Waals surface area contributed by atoms with Crippen LogP contribution in [0.25, 0.3) is 0 Å². The highest BCUT2D eigenvalue weighted by atomic mass is 32.2. The maximum atomic E-state index is 12.4. The van der Waals surface area contributed by atoms with E-state index in [2.05, 4.69) is 0 Å². The van der Waals surface area contributed by atoms with E-state index in [0.29, 0.717) is 0 Å². The van der Waals surface area contributed by atoms with Crippen LogP contribution in [0, 0.1) is 10.1 Å². The molecule has 0 aromatic heterocycles. The van der Waals surface area contributed by atoms with Crippen molar-refractivity contribution in [3.63, 3.8) is 0 Å². The summed E-state index contributed by atoms with van der Waals surface area (Å²) in [5.41, 5.74) is 4.82. The molecule has 1 heterocycles. The van der Waals surface area contributed by atoms with E-state index >= 15 is 0 Å². The van der Waals surface area contributed by atoms with E-state index in [0.717, 1.165) is 37.1 Å². The Labute approximate surface area is 166 Å². The minimum absolute atomic E-state index is 0.00833. The van der Waals surface area contributed by atoms with Crippen molar-refractivity contribution in [1.29, 1.82) is 0 Å². The molecule has 0 radical (unpaired) electrons. The van der Waals surface area contributed by atoms with Gasteiger partial charge in [-0.25, -0.2) is 0 Å². The van der Waals surface area contributed by atoms with Crippen LogP contribution in [0.15, 0.2) is 23.1 Å². The van der Waals surface area contributed by atoms with Gasteiger partial charge in [-0.15, -0.1) is 11.8 Å². The number of carbonyl (C=O) groups is 3. The molecule has 152 valence electrons. The number of rotatable bonds is 7. The topological polar surface area (TPSA) is 133 Å². The van der Waals surface area contributed by atoms with Crippen LogP contribution in [0.5, 0.6) is 0 Å². The predicted molar refractivity (Wildman–Crippen MR) is 103 cm³/mol. The summed E-state index contributed by atoms with van der Waals surface area (Å²) < 4.78 is 5.04. The van der Waals surface area contributed by atoms with Crippen molar-refractivity contribution in [3.8, 4) is 0 Å². The molecule has 9 nitrogen and oxygen atoms in total. The van der Waals surface area contributed by atoms with Crippen LogP contribution in [0.4, 0.5) is 5.69 Å². The molecule has 0 bridgehead atoms. The Hall–Kier alpha value is -2.62. The van der Waals surface area contributed by atoms with E-state index in [1.807, 2.05) is 13.8 Å². The number of nitrogens with two attached hydrogens (primary N) is 1. The summed E-state index contributed by atoms with van der Waals surface area (Å²) >= 11 is 0.899. The molecule has 1 fully saturated rings. The molecule has 0 saturated carbocycles. The van der Waals surface area contributed by atoms with Gasteiger partial charge in [-0.2, -0.15) is 0 Å². The smallest absolute Gasteiger partial charge is 0.316 e. The Morgan fingerprint density at radius 2 is 1.93 bits per heavy atom. The normalized spacial score (nSPS) is 19.1. The summed E-state index contributed by atoms with van der Waals surface area (Å²) in [5, 5.41) is 11.2. The van der Waals surface area contributed by atoms with Crippen LogP contribution in [-0.2, 0) is 14.3 Å². The lowest BCUT2D eigenvalue weighted by Gasteiger charge is -2.38. The highest BCUT2D eigenvalue weighted by Gasteiger charge is 2.29. The Morgan fingerprint density at radius 1 is 1.29 bits per heavy atom. The summed E-state index contributed by atoms with van der Waals surface area (Å²) in [6, 6.07) is 3.99. The van der Waals surface area contributed by atoms with Gasteiger partial charge >= 0.3 is 5.97 Å². The number of carbonyl (C=O) groups excluding carboxylic acids is 3. The van der Waals surface area contributed by atoms with Crippen molar-refractivity contribution in [2.24, 2.45) is 5.73 Å². The van der Waals surface area contributed by atoms with Gasteiger partial charge in [0.1, 0.15) is 0 Å². The van der Waals surface area contributed by atoms with Crippen LogP contribution in [-0.4, -0.2) is 52.1 Å². The standard InChI is InChI=1S/C18H23N3O6S/c1-11-4-3-5-12(2)20(11)16(22)9-27-17(23)10-28-15-7-6-13(18(19)24)8-14(15)21(25)26/h6-8,11-12H,3-5,9-10H2,1-2H3,(H2,19,24). The van der Waals surface area contributed by atoms with Gasteiger partial charge in [0.2, 0.25) is 5.91 Å². The van der Waals surface area contributed by atoms with Gasteiger partial charge in [-0.3, -0.25) is 24.5 Å². The lowest BCUT2D eigenvalue weighted by atomic mass is 9.97. The second-order valence-corrected chi connectivity index (χ2v) is 7.70. The average Bonchev–Trinajstić information content (AvgIpc) is 2.64. The number of esters is 1. The molecule has 2 unspecified atom stereocenters. The van der Waals surface area contributed by atoms with Crippen LogP contribution in [0.3, 0.4) is 0 Å². The summed E-state index contributed by atoms with van der Waals surface area (Å²) in [6.07, 6.45) is 2.91. The molecule has 1 saturated heterocycles.